The van der Waals surface area contributed by atoms with Crippen molar-refractivity contribution in [2.75, 3.05) is 13.1 Å². The molecule has 1 aliphatic rings. The van der Waals surface area contributed by atoms with Gasteiger partial charge in [0.15, 0.2) is 0 Å². The van der Waals surface area contributed by atoms with Crippen molar-refractivity contribution in [3.63, 3.8) is 0 Å². The van der Waals surface area contributed by atoms with Crippen LogP contribution in [0.4, 0.5) is 0 Å². The van der Waals surface area contributed by atoms with Crippen LogP contribution in [0.5, 0.6) is 0 Å². The second-order valence-corrected chi connectivity index (χ2v) is 9.14. The van der Waals surface area contributed by atoms with Gasteiger partial charge in [0.25, 0.3) is 0 Å². The summed E-state index contributed by atoms with van der Waals surface area (Å²) >= 11 is 0. The highest BCUT2D eigenvalue weighted by atomic mass is 32.2. The van der Waals surface area contributed by atoms with E-state index < -0.39 is 10.0 Å². The molecule has 0 aliphatic carbocycles. The molecule has 1 atom stereocenters. The summed E-state index contributed by atoms with van der Waals surface area (Å²) in [5, 5.41) is 2.86. The van der Waals surface area contributed by atoms with Crippen LogP contribution >= 0.6 is 0 Å². The fourth-order valence-electron chi connectivity index (χ4n) is 3.32. The second-order valence-electron chi connectivity index (χ2n) is 7.21. The summed E-state index contributed by atoms with van der Waals surface area (Å²) in [5.74, 6) is -0.232. The van der Waals surface area contributed by atoms with Crippen LogP contribution in [0.25, 0.3) is 6.08 Å². The maximum absolute atomic E-state index is 12.8. The quantitative estimate of drug-likeness (QED) is 0.735. The van der Waals surface area contributed by atoms with Crippen molar-refractivity contribution in [1.29, 1.82) is 0 Å². The number of aromatic nitrogens is 1. The Kier molecular flexibility index (Phi) is 7.17. The van der Waals surface area contributed by atoms with Crippen LogP contribution in [-0.4, -0.2) is 36.7 Å². The molecule has 0 bridgehead atoms. The first kappa shape index (κ1) is 21.2. The average Bonchev–Trinajstić information content (AvgIpc) is 3.03. The van der Waals surface area contributed by atoms with E-state index in [4.69, 9.17) is 0 Å². The molecule has 1 aromatic heterocycles. The molecule has 3 rings (SSSR count). The van der Waals surface area contributed by atoms with Gasteiger partial charge >= 0.3 is 0 Å². The van der Waals surface area contributed by atoms with Gasteiger partial charge in [0.05, 0.1) is 16.6 Å². The van der Waals surface area contributed by atoms with E-state index in [1.807, 2.05) is 25.1 Å². The van der Waals surface area contributed by atoms with Crippen LogP contribution in [0, 0.1) is 0 Å². The van der Waals surface area contributed by atoms with Crippen LogP contribution in [0.15, 0.2) is 59.6 Å². The number of amides is 1. The molecule has 0 spiro atoms. The van der Waals surface area contributed by atoms with Gasteiger partial charge in [0.1, 0.15) is 0 Å². The van der Waals surface area contributed by atoms with Crippen LogP contribution < -0.4 is 5.32 Å². The Morgan fingerprint density at radius 1 is 1.07 bits per heavy atom. The van der Waals surface area contributed by atoms with E-state index in [9.17, 15) is 13.2 Å². The zero-order valence-electron chi connectivity index (χ0n) is 16.6. The molecule has 2 aromatic rings. The predicted molar refractivity (Wildman–Crippen MR) is 113 cm³/mol. The highest BCUT2D eigenvalue weighted by molar-refractivity contribution is 7.89. The Hall–Kier alpha value is -2.51. The first-order valence-corrected chi connectivity index (χ1v) is 11.4. The second kappa shape index (κ2) is 9.80. The van der Waals surface area contributed by atoms with Gasteiger partial charge < -0.3 is 5.32 Å². The van der Waals surface area contributed by atoms with Gasteiger partial charge in [-0.15, -0.1) is 0 Å². The van der Waals surface area contributed by atoms with E-state index in [0.29, 0.717) is 18.0 Å². The fraction of sp³-hybridized carbons (Fsp3) is 0.364. The number of nitrogens with one attached hydrogen (secondary N) is 1. The molecular formula is C22H27N3O3S. The summed E-state index contributed by atoms with van der Waals surface area (Å²) in [4.78, 5) is 16.7. The Balaban J connectivity index is 1.61. The molecule has 0 saturated carbocycles. The molecule has 1 N–H and O–H groups in total. The van der Waals surface area contributed by atoms with Crippen LogP contribution in [0.2, 0.25) is 0 Å². The van der Waals surface area contributed by atoms with Crippen LogP contribution in [-0.2, 0) is 14.8 Å². The number of carbonyl (C=O) groups excluding carboxylic acids is 1. The predicted octanol–water partition coefficient (Wildman–Crippen LogP) is 3.54. The third kappa shape index (κ3) is 5.74. The molecule has 1 unspecified atom stereocenters. The van der Waals surface area contributed by atoms with Gasteiger partial charge in [-0.3, -0.25) is 9.78 Å². The van der Waals surface area contributed by atoms with Gasteiger partial charge in [-0.05, 0) is 55.7 Å². The fourth-order valence-corrected chi connectivity index (χ4v) is 4.84. The van der Waals surface area contributed by atoms with E-state index in [1.165, 1.54) is 6.08 Å². The third-order valence-electron chi connectivity index (χ3n) is 5.00. The minimum atomic E-state index is -3.46. The molecule has 6 nitrogen and oxygen atoms in total. The van der Waals surface area contributed by atoms with E-state index >= 15 is 0 Å². The highest BCUT2D eigenvalue weighted by Gasteiger charge is 2.24. The van der Waals surface area contributed by atoms with E-state index in [1.54, 1.807) is 40.8 Å². The number of hydrogen-bond donors (Lipinski definition) is 1. The number of pyridine rings is 1. The van der Waals surface area contributed by atoms with Gasteiger partial charge in [0.2, 0.25) is 15.9 Å². The summed E-state index contributed by atoms with van der Waals surface area (Å²) in [6.45, 7) is 3.04. The molecule has 7 heteroatoms. The maximum atomic E-state index is 12.8. The average molecular weight is 414 g/mol. The molecule has 1 fully saturated rings. The number of rotatable bonds is 6. The topological polar surface area (TPSA) is 79.4 Å². The minimum absolute atomic E-state index is 0.200. The zero-order chi connectivity index (χ0) is 20.7. The van der Waals surface area contributed by atoms with Crippen molar-refractivity contribution in [3.05, 3.63) is 66.0 Å². The van der Waals surface area contributed by atoms with Crippen molar-refractivity contribution in [3.8, 4) is 0 Å². The monoisotopic (exact) mass is 413 g/mol. The van der Waals surface area contributed by atoms with E-state index in [-0.39, 0.29) is 11.9 Å². The lowest BCUT2D eigenvalue weighted by Crippen LogP contribution is -2.31. The van der Waals surface area contributed by atoms with Gasteiger partial charge in [-0.1, -0.05) is 31.0 Å². The van der Waals surface area contributed by atoms with Gasteiger partial charge in [-0.25, -0.2) is 8.42 Å². The van der Waals surface area contributed by atoms with Crippen LogP contribution in [0.1, 0.15) is 49.9 Å². The Bertz CT molecular complexity index is 933. The van der Waals surface area contributed by atoms with Crippen molar-refractivity contribution in [2.45, 2.75) is 43.5 Å². The Labute approximate surface area is 172 Å². The summed E-state index contributed by atoms with van der Waals surface area (Å²) in [5.41, 5.74) is 1.55. The molecule has 154 valence electrons. The maximum Gasteiger partial charge on any atom is 0.244 e. The molecule has 1 aliphatic heterocycles. The lowest BCUT2D eigenvalue weighted by Gasteiger charge is -2.19. The molecule has 1 aromatic carbocycles. The largest absolute Gasteiger partial charge is 0.344 e. The Morgan fingerprint density at radius 2 is 1.76 bits per heavy atom. The van der Waals surface area contributed by atoms with Gasteiger partial charge in [-0.2, -0.15) is 4.31 Å². The third-order valence-corrected chi connectivity index (χ3v) is 6.91. The number of benzene rings is 1. The summed E-state index contributed by atoms with van der Waals surface area (Å²) in [7, 11) is -3.46. The summed E-state index contributed by atoms with van der Waals surface area (Å²) in [6.07, 6.45) is 8.78. The number of sulfonamides is 1. The van der Waals surface area contributed by atoms with Crippen molar-refractivity contribution in [2.24, 2.45) is 0 Å². The number of nitrogens with zero attached hydrogens (tertiary/aromatic N) is 2. The highest BCUT2D eigenvalue weighted by Crippen LogP contribution is 2.21. The Morgan fingerprint density at radius 3 is 2.38 bits per heavy atom. The smallest absolute Gasteiger partial charge is 0.244 e. The summed E-state index contributed by atoms with van der Waals surface area (Å²) in [6, 6.07) is 12.0. The minimum Gasteiger partial charge on any atom is -0.344 e. The SMILES string of the molecule is CC(NC(=O)/C=C/c1ccc(S(=O)(=O)N2CCCCCC2)cc1)c1ccccn1. The van der Waals surface area contributed by atoms with Crippen molar-refractivity contribution < 1.29 is 13.2 Å². The van der Waals surface area contributed by atoms with Crippen LogP contribution in [0.3, 0.4) is 0 Å². The normalized spacial score (nSPS) is 17.0. The lowest BCUT2D eigenvalue weighted by molar-refractivity contribution is -0.117. The van der Waals surface area contributed by atoms with Crippen molar-refractivity contribution in [1.82, 2.24) is 14.6 Å². The van der Waals surface area contributed by atoms with Crippen molar-refractivity contribution >= 4 is 22.0 Å². The first-order chi connectivity index (χ1) is 14.0. The standard InChI is InChI=1S/C22H27N3O3S/c1-18(21-8-4-5-15-23-21)24-22(26)14-11-19-9-12-20(13-10-19)29(27,28)25-16-6-2-3-7-17-25/h4-5,8-15,18H,2-3,6-7,16-17H2,1H3,(H,24,26)/b14-11+. The first-order valence-electron chi connectivity index (χ1n) is 9.96. The zero-order valence-corrected chi connectivity index (χ0v) is 17.4. The molecule has 0 radical (unpaired) electrons. The number of carbonyl (C=O) groups is 1. The van der Waals surface area contributed by atoms with E-state index in [0.717, 1.165) is 36.9 Å². The summed E-state index contributed by atoms with van der Waals surface area (Å²) < 4.78 is 27.2. The molecule has 2 heterocycles. The number of hydrogen-bond acceptors (Lipinski definition) is 4. The molecule has 29 heavy (non-hydrogen) atoms. The molecular weight excluding hydrogens is 386 g/mol. The van der Waals surface area contributed by atoms with E-state index in [2.05, 4.69) is 10.3 Å². The van der Waals surface area contributed by atoms with Gasteiger partial charge in [0, 0.05) is 25.4 Å². The molecule has 1 saturated heterocycles. The molecule has 1 amide bonds. The lowest BCUT2D eigenvalue weighted by atomic mass is 10.2.